The summed E-state index contributed by atoms with van der Waals surface area (Å²) in [6, 6.07) is 2.21. The van der Waals surface area contributed by atoms with Crippen LogP contribution in [0.1, 0.15) is 33.6 Å². The molecule has 0 aromatic carbocycles. The van der Waals surface area contributed by atoms with Crippen LogP contribution in [0, 0.1) is 23.2 Å². The Bertz CT molecular complexity index is 260. The molecule has 0 amide bonds. The van der Waals surface area contributed by atoms with Gasteiger partial charge >= 0.3 is 0 Å². The highest BCUT2D eigenvalue weighted by Crippen LogP contribution is 2.36. The summed E-state index contributed by atoms with van der Waals surface area (Å²) in [7, 11) is 0. The number of allylic oxidation sites excluding steroid dienone is 2. The summed E-state index contributed by atoms with van der Waals surface area (Å²) < 4.78 is 13.2. The molecule has 0 saturated carbocycles. The average molecular weight is 181 g/mol. The van der Waals surface area contributed by atoms with Crippen LogP contribution in [0.25, 0.3) is 0 Å². The first kappa shape index (κ1) is 10.2. The normalized spacial score (nSPS) is 31.3. The zero-order chi connectivity index (χ0) is 10.0. The third-order valence-corrected chi connectivity index (χ3v) is 3.07. The van der Waals surface area contributed by atoms with E-state index in [0.29, 0.717) is 0 Å². The third-order valence-electron chi connectivity index (χ3n) is 3.07. The Balaban J connectivity index is 2.83. The molecule has 13 heavy (non-hydrogen) atoms. The predicted molar refractivity (Wildman–Crippen MR) is 50.8 cm³/mol. The van der Waals surface area contributed by atoms with E-state index in [4.69, 9.17) is 5.26 Å². The van der Waals surface area contributed by atoms with E-state index in [1.165, 1.54) is 11.1 Å². The van der Waals surface area contributed by atoms with Gasteiger partial charge in [0, 0.05) is 5.92 Å². The van der Waals surface area contributed by atoms with Crippen LogP contribution >= 0.6 is 0 Å². The summed E-state index contributed by atoms with van der Waals surface area (Å²) in [6.45, 7) is 5.64. The Morgan fingerprint density at radius 2 is 1.92 bits per heavy atom. The van der Waals surface area contributed by atoms with Crippen LogP contribution in [0.2, 0.25) is 0 Å². The molecule has 0 unspecified atom stereocenters. The van der Waals surface area contributed by atoms with Gasteiger partial charge in [-0.1, -0.05) is 11.1 Å². The number of hydrogen-bond donors (Lipinski definition) is 0. The van der Waals surface area contributed by atoms with Crippen LogP contribution in [0.3, 0.4) is 0 Å². The molecule has 0 aromatic heterocycles. The van der Waals surface area contributed by atoms with Gasteiger partial charge in [-0.3, -0.25) is 0 Å². The number of rotatable bonds is 1. The fraction of sp³-hybridized carbons (Fsp3) is 0.727. The van der Waals surface area contributed by atoms with E-state index >= 15 is 0 Å². The minimum absolute atomic E-state index is 0.0892. The maximum Gasteiger partial charge on any atom is 0.102 e. The van der Waals surface area contributed by atoms with Crippen molar-refractivity contribution < 1.29 is 4.39 Å². The number of nitrogens with zero attached hydrogens (tertiary/aromatic N) is 1. The molecule has 1 rings (SSSR count). The minimum atomic E-state index is -0.868. The lowest BCUT2D eigenvalue weighted by Gasteiger charge is -2.29. The zero-order valence-electron chi connectivity index (χ0n) is 8.47. The van der Waals surface area contributed by atoms with E-state index < -0.39 is 6.17 Å². The number of alkyl halides is 1. The van der Waals surface area contributed by atoms with Gasteiger partial charge in [0.25, 0.3) is 0 Å². The Kier molecular flexibility index (Phi) is 3.08. The van der Waals surface area contributed by atoms with E-state index in [-0.39, 0.29) is 11.8 Å². The fourth-order valence-electron chi connectivity index (χ4n) is 1.95. The molecule has 0 N–H and O–H groups in total. The van der Waals surface area contributed by atoms with Gasteiger partial charge in [-0.2, -0.15) is 5.26 Å². The maximum absolute atomic E-state index is 13.2. The Hall–Kier alpha value is -0.840. The molecule has 0 bridgehead atoms. The summed E-state index contributed by atoms with van der Waals surface area (Å²) in [5.41, 5.74) is 2.53. The second kappa shape index (κ2) is 3.91. The summed E-state index contributed by atoms with van der Waals surface area (Å²) in [5.74, 6) is -0.211. The molecule has 1 nitrogen and oxygen atoms in total. The van der Waals surface area contributed by atoms with Crippen molar-refractivity contribution in [3.63, 3.8) is 0 Å². The molecule has 3 atom stereocenters. The van der Waals surface area contributed by atoms with Crippen molar-refractivity contribution in [3.05, 3.63) is 11.1 Å². The van der Waals surface area contributed by atoms with Crippen molar-refractivity contribution in [1.29, 1.82) is 5.26 Å². The van der Waals surface area contributed by atoms with Crippen LogP contribution in [0.5, 0.6) is 0 Å². The standard InChI is InChI=1S/C11H16FN/c1-7-4-10(6-13)11(9(3)12)5-8(7)2/h9-11H,4-5H2,1-3H3/t9-,10-,11-/m1/s1. The van der Waals surface area contributed by atoms with Crippen LogP contribution in [0.4, 0.5) is 4.39 Å². The van der Waals surface area contributed by atoms with Crippen molar-refractivity contribution in [3.8, 4) is 6.07 Å². The molecule has 0 radical (unpaired) electrons. The lowest BCUT2D eigenvalue weighted by Crippen LogP contribution is -2.26. The van der Waals surface area contributed by atoms with Crippen molar-refractivity contribution in [2.45, 2.75) is 39.8 Å². The van der Waals surface area contributed by atoms with E-state index in [2.05, 4.69) is 6.07 Å². The van der Waals surface area contributed by atoms with Gasteiger partial charge in [0.15, 0.2) is 0 Å². The van der Waals surface area contributed by atoms with Gasteiger partial charge in [-0.15, -0.1) is 0 Å². The topological polar surface area (TPSA) is 23.8 Å². The molecule has 1 aliphatic carbocycles. The minimum Gasteiger partial charge on any atom is -0.247 e. The van der Waals surface area contributed by atoms with E-state index in [0.717, 1.165) is 12.8 Å². The molecular weight excluding hydrogens is 165 g/mol. The molecule has 1 aliphatic rings. The van der Waals surface area contributed by atoms with Gasteiger partial charge in [0.2, 0.25) is 0 Å². The highest BCUT2D eigenvalue weighted by molar-refractivity contribution is 5.18. The number of nitriles is 1. The SMILES string of the molecule is CC1=C(C)C[C@H](C#N)[C@@H]([C@@H](C)F)C1. The first-order chi connectivity index (χ1) is 6.06. The van der Waals surface area contributed by atoms with Crippen LogP contribution in [-0.4, -0.2) is 6.17 Å². The quantitative estimate of drug-likeness (QED) is 0.570. The summed E-state index contributed by atoms with van der Waals surface area (Å²) in [5, 5.41) is 8.88. The summed E-state index contributed by atoms with van der Waals surface area (Å²) in [6.07, 6.45) is 0.635. The maximum atomic E-state index is 13.2. The van der Waals surface area contributed by atoms with Crippen molar-refractivity contribution in [2.24, 2.45) is 11.8 Å². The third kappa shape index (κ3) is 2.09. The molecule has 0 aliphatic heterocycles. The molecule has 0 aromatic rings. The molecule has 0 fully saturated rings. The lowest BCUT2D eigenvalue weighted by atomic mass is 9.75. The molecule has 0 heterocycles. The van der Waals surface area contributed by atoms with Crippen molar-refractivity contribution in [2.75, 3.05) is 0 Å². The predicted octanol–water partition coefficient (Wildman–Crippen LogP) is 3.23. The second-order valence-corrected chi connectivity index (χ2v) is 4.05. The monoisotopic (exact) mass is 181 g/mol. The highest BCUT2D eigenvalue weighted by atomic mass is 19.1. The van der Waals surface area contributed by atoms with E-state index in [1.54, 1.807) is 6.92 Å². The van der Waals surface area contributed by atoms with E-state index in [9.17, 15) is 4.39 Å². The molecule has 0 saturated heterocycles. The molecular formula is C11H16FN. The second-order valence-electron chi connectivity index (χ2n) is 4.05. The Morgan fingerprint density at radius 3 is 2.38 bits per heavy atom. The first-order valence-corrected chi connectivity index (χ1v) is 4.75. The van der Waals surface area contributed by atoms with Gasteiger partial charge in [0.1, 0.15) is 6.17 Å². The van der Waals surface area contributed by atoms with Crippen molar-refractivity contribution in [1.82, 2.24) is 0 Å². The molecule has 72 valence electrons. The first-order valence-electron chi connectivity index (χ1n) is 4.75. The molecule has 2 heteroatoms. The number of hydrogen-bond acceptors (Lipinski definition) is 1. The highest BCUT2D eigenvalue weighted by Gasteiger charge is 2.31. The van der Waals surface area contributed by atoms with E-state index in [1.807, 2.05) is 13.8 Å². The Labute approximate surface area is 79.3 Å². The smallest absolute Gasteiger partial charge is 0.102 e. The van der Waals surface area contributed by atoms with Crippen molar-refractivity contribution >= 4 is 0 Å². The largest absolute Gasteiger partial charge is 0.247 e. The Morgan fingerprint density at radius 1 is 1.38 bits per heavy atom. The summed E-state index contributed by atoms with van der Waals surface area (Å²) in [4.78, 5) is 0. The van der Waals surface area contributed by atoms with Gasteiger partial charge in [-0.25, -0.2) is 4.39 Å². The lowest BCUT2D eigenvalue weighted by molar-refractivity contribution is 0.195. The van der Waals surface area contributed by atoms with Crippen LogP contribution < -0.4 is 0 Å². The average Bonchev–Trinajstić information content (AvgIpc) is 2.08. The van der Waals surface area contributed by atoms with Gasteiger partial charge < -0.3 is 0 Å². The number of halogens is 1. The fourth-order valence-corrected chi connectivity index (χ4v) is 1.95. The van der Waals surface area contributed by atoms with Gasteiger partial charge in [-0.05, 0) is 33.6 Å². The van der Waals surface area contributed by atoms with Crippen LogP contribution in [-0.2, 0) is 0 Å². The zero-order valence-corrected chi connectivity index (χ0v) is 8.47. The van der Waals surface area contributed by atoms with Gasteiger partial charge in [0.05, 0.1) is 12.0 Å². The summed E-state index contributed by atoms with van der Waals surface area (Å²) >= 11 is 0. The van der Waals surface area contributed by atoms with Crippen LogP contribution in [0.15, 0.2) is 11.1 Å². The molecule has 0 spiro atoms.